The summed E-state index contributed by atoms with van der Waals surface area (Å²) in [6.07, 6.45) is -8.18. The number of ether oxygens (including phenoxy) is 7. The van der Waals surface area contributed by atoms with Crippen molar-refractivity contribution >= 4 is 33.5 Å². The molecule has 7 N–H and O–H groups in total. The number of carbonyl (C=O) groups is 2. The van der Waals surface area contributed by atoms with Crippen molar-refractivity contribution in [1.29, 1.82) is 0 Å². The second-order valence-electron chi connectivity index (χ2n) is 13.1. The smallest absolute Gasteiger partial charge is 0.310 e. The molecule has 3 rings (SSSR count). The van der Waals surface area contributed by atoms with Crippen molar-refractivity contribution in [2.45, 2.75) is 94.3 Å². The molecule has 10 unspecified atom stereocenters. The van der Waals surface area contributed by atoms with E-state index in [0.29, 0.717) is 19.8 Å². The molecule has 0 bridgehead atoms. The van der Waals surface area contributed by atoms with Gasteiger partial charge < -0.3 is 64.4 Å². The average Bonchev–Trinajstić information content (AvgIpc) is 3.11. The molecule has 2 fully saturated rings. The Labute approximate surface area is 306 Å². The SMILES string of the molecule is CC(C(=O)OCCOCCOCCSSc1ccccn1)C(C)(C)CC(CN)C(=O)OCC1OC(OC2OC(CO)CC(O)C2O)CC(O)C1O. The lowest BCUT2D eigenvalue weighted by Gasteiger charge is -2.41. The van der Waals surface area contributed by atoms with Crippen LogP contribution in [-0.2, 0) is 42.7 Å². The highest BCUT2D eigenvalue weighted by molar-refractivity contribution is 8.76. The molecule has 2 aliphatic rings. The first kappa shape index (κ1) is 43.8. The Morgan fingerprint density at radius 2 is 1.69 bits per heavy atom. The van der Waals surface area contributed by atoms with E-state index in [2.05, 4.69) is 4.98 Å². The van der Waals surface area contributed by atoms with E-state index in [-0.39, 0.29) is 39.0 Å². The lowest BCUT2D eigenvalue weighted by Crippen LogP contribution is -2.55. The van der Waals surface area contributed by atoms with Gasteiger partial charge in [-0.05, 0) is 34.8 Å². The maximum absolute atomic E-state index is 13.1. The number of hydrogen-bond acceptors (Lipinski definition) is 18. The predicted octanol–water partition coefficient (Wildman–Crippen LogP) is 0.251. The lowest BCUT2D eigenvalue weighted by atomic mass is 9.73. The van der Waals surface area contributed by atoms with E-state index in [1.54, 1.807) is 34.7 Å². The summed E-state index contributed by atoms with van der Waals surface area (Å²) in [5.74, 6) is -1.72. The van der Waals surface area contributed by atoms with Gasteiger partial charge in [-0.2, -0.15) is 0 Å². The molecule has 0 amide bonds. The van der Waals surface area contributed by atoms with Gasteiger partial charge in [0.15, 0.2) is 12.6 Å². The number of esters is 2. The van der Waals surface area contributed by atoms with Gasteiger partial charge in [0, 0.05) is 31.3 Å². The van der Waals surface area contributed by atoms with Crippen LogP contribution in [0.15, 0.2) is 29.4 Å². The number of aromatic nitrogens is 1. The highest BCUT2D eigenvalue weighted by atomic mass is 33.1. The van der Waals surface area contributed by atoms with E-state index in [1.807, 2.05) is 32.0 Å². The third-order valence-corrected chi connectivity index (χ3v) is 11.0. The van der Waals surface area contributed by atoms with Gasteiger partial charge in [-0.3, -0.25) is 9.59 Å². The maximum atomic E-state index is 13.1. The highest BCUT2D eigenvalue weighted by Crippen LogP contribution is 2.35. The minimum Gasteiger partial charge on any atom is -0.463 e. The van der Waals surface area contributed by atoms with Crippen molar-refractivity contribution in [2.75, 3.05) is 58.5 Å². The van der Waals surface area contributed by atoms with E-state index >= 15 is 0 Å². The van der Waals surface area contributed by atoms with Crippen LogP contribution in [0.25, 0.3) is 0 Å². The average molecular weight is 767 g/mol. The van der Waals surface area contributed by atoms with Gasteiger partial charge >= 0.3 is 11.9 Å². The summed E-state index contributed by atoms with van der Waals surface area (Å²) in [6.45, 7) is 6.04. The van der Waals surface area contributed by atoms with E-state index in [1.165, 1.54) is 0 Å². The molecular formula is C33H54N2O14S2. The number of hydrogen-bond donors (Lipinski definition) is 6. The Balaban J connectivity index is 1.34. The van der Waals surface area contributed by atoms with Crippen molar-refractivity contribution in [3.8, 4) is 0 Å². The molecule has 0 spiro atoms. The third kappa shape index (κ3) is 14.6. The summed E-state index contributed by atoms with van der Waals surface area (Å²) in [4.78, 5) is 30.1. The molecule has 0 aromatic carbocycles. The molecule has 1 aromatic heterocycles. The van der Waals surface area contributed by atoms with E-state index in [0.717, 1.165) is 10.8 Å². The molecule has 2 saturated heterocycles. The first-order valence-corrected chi connectivity index (χ1v) is 19.4. The van der Waals surface area contributed by atoms with Crippen LogP contribution < -0.4 is 5.73 Å². The second kappa shape index (κ2) is 22.5. The minimum atomic E-state index is -1.44. The van der Waals surface area contributed by atoms with Crippen LogP contribution in [-0.4, -0.2) is 150 Å². The molecule has 1 aromatic rings. The summed E-state index contributed by atoms with van der Waals surface area (Å²) in [5, 5.41) is 51.6. The fourth-order valence-corrected chi connectivity index (χ4v) is 7.09. The molecular weight excluding hydrogens is 712 g/mol. The van der Waals surface area contributed by atoms with Crippen molar-refractivity contribution < 1.29 is 68.3 Å². The molecule has 0 radical (unpaired) electrons. The number of pyridine rings is 1. The minimum absolute atomic E-state index is 0.00196. The Morgan fingerprint density at radius 3 is 2.37 bits per heavy atom. The van der Waals surface area contributed by atoms with Crippen molar-refractivity contribution in [3.63, 3.8) is 0 Å². The molecule has 292 valence electrons. The van der Waals surface area contributed by atoms with E-state index in [4.69, 9.17) is 38.9 Å². The Bertz CT molecular complexity index is 1160. The fourth-order valence-electron chi connectivity index (χ4n) is 5.35. The van der Waals surface area contributed by atoms with Crippen molar-refractivity contribution in [1.82, 2.24) is 4.98 Å². The lowest BCUT2D eigenvalue weighted by molar-refractivity contribution is -0.345. The van der Waals surface area contributed by atoms with Gasteiger partial charge in [-0.1, -0.05) is 37.6 Å². The third-order valence-electron chi connectivity index (χ3n) is 8.77. The summed E-state index contributed by atoms with van der Waals surface area (Å²) in [7, 11) is 3.25. The van der Waals surface area contributed by atoms with Gasteiger partial charge in [-0.15, -0.1) is 0 Å². The van der Waals surface area contributed by atoms with Gasteiger partial charge in [0.1, 0.15) is 36.6 Å². The highest BCUT2D eigenvalue weighted by Gasteiger charge is 2.44. The van der Waals surface area contributed by atoms with Crippen molar-refractivity contribution in [3.05, 3.63) is 24.4 Å². The quantitative estimate of drug-likeness (QED) is 0.0527. The van der Waals surface area contributed by atoms with E-state index in [9.17, 15) is 35.1 Å². The van der Waals surface area contributed by atoms with Gasteiger partial charge in [-0.25, -0.2) is 4.98 Å². The molecule has 18 heteroatoms. The number of nitrogens with zero attached hydrogens (tertiary/aromatic N) is 1. The number of carbonyl (C=O) groups excluding carboxylic acids is 2. The number of aliphatic hydroxyl groups excluding tert-OH is 5. The second-order valence-corrected chi connectivity index (χ2v) is 15.5. The first-order valence-electron chi connectivity index (χ1n) is 17.0. The molecule has 0 saturated carbocycles. The standard InChI is InChI=1S/C33H54N2O14S2/c1-20(30(41)45-11-10-43-8-9-44-12-13-50-51-26-6-4-5-7-35-26)33(2,3)16-21(17-34)31(42)46-19-25-28(39)24(38)15-27(48-25)49-32-29(40)23(37)14-22(18-36)47-32/h4-7,20-25,27-29,32,36-40H,8-19,34H2,1-3H3. The Kier molecular flexibility index (Phi) is 19.3. The molecule has 2 aliphatic heterocycles. The van der Waals surface area contributed by atoms with Gasteiger partial charge in [0.25, 0.3) is 0 Å². The zero-order valence-electron chi connectivity index (χ0n) is 29.3. The summed E-state index contributed by atoms with van der Waals surface area (Å²) in [6, 6.07) is 5.76. The Hall–Kier alpha value is -1.65. The van der Waals surface area contributed by atoms with Crippen LogP contribution in [0.2, 0.25) is 0 Å². The van der Waals surface area contributed by atoms with Gasteiger partial charge in [0.05, 0.1) is 63.2 Å². The number of rotatable bonds is 22. The number of nitrogens with two attached hydrogens (primary N) is 1. The van der Waals surface area contributed by atoms with Crippen LogP contribution in [0.3, 0.4) is 0 Å². The van der Waals surface area contributed by atoms with Crippen LogP contribution in [0.4, 0.5) is 0 Å². The molecule has 51 heavy (non-hydrogen) atoms. The summed E-state index contributed by atoms with van der Waals surface area (Å²) >= 11 is 0. The fraction of sp³-hybridized carbons (Fsp3) is 0.788. The Morgan fingerprint density at radius 1 is 0.980 bits per heavy atom. The summed E-state index contributed by atoms with van der Waals surface area (Å²) in [5.41, 5.74) is 5.21. The van der Waals surface area contributed by atoms with Crippen LogP contribution in [0, 0.1) is 17.3 Å². The molecule has 16 nitrogen and oxygen atoms in total. The zero-order chi connectivity index (χ0) is 37.4. The van der Waals surface area contributed by atoms with Crippen LogP contribution in [0.5, 0.6) is 0 Å². The van der Waals surface area contributed by atoms with Crippen LogP contribution in [0.1, 0.15) is 40.0 Å². The van der Waals surface area contributed by atoms with Gasteiger partial charge in [0.2, 0.25) is 0 Å². The van der Waals surface area contributed by atoms with E-state index < -0.39 is 91.6 Å². The normalized spacial score (nSPS) is 28.2. The maximum Gasteiger partial charge on any atom is 0.310 e. The monoisotopic (exact) mass is 766 g/mol. The molecule has 10 atom stereocenters. The molecule has 0 aliphatic carbocycles. The zero-order valence-corrected chi connectivity index (χ0v) is 31.0. The largest absolute Gasteiger partial charge is 0.463 e. The molecule has 3 heterocycles. The topological polar surface area (TPSA) is 239 Å². The first-order chi connectivity index (χ1) is 24.4. The van der Waals surface area contributed by atoms with Crippen molar-refractivity contribution in [2.24, 2.45) is 23.0 Å². The summed E-state index contributed by atoms with van der Waals surface area (Å²) < 4.78 is 38.7. The number of aliphatic hydroxyl groups is 5. The van der Waals surface area contributed by atoms with Crippen LogP contribution >= 0.6 is 21.6 Å². The predicted molar refractivity (Wildman–Crippen MR) is 185 cm³/mol.